The predicted octanol–water partition coefficient (Wildman–Crippen LogP) is 1.48. The van der Waals surface area contributed by atoms with Crippen molar-refractivity contribution in [3.8, 4) is 23.7 Å². The number of hydrogen-bond donors (Lipinski definition) is 3. The van der Waals surface area contributed by atoms with Crippen LogP contribution in [0, 0.1) is 34.9 Å². The zero-order chi connectivity index (χ0) is 23.5. The van der Waals surface area contributed by atoms with E-state index < -0.39 is 32.7 Å². The Labute approximate surface area is 184 Å². The number of aliphatic hydroxyl groups is 1. The average Bonchev–Trinajstić information content (AvgIpc) is 3.49. The Balaban J connectivity index is 1.83. The normalized spacial score (nSPS) is 14.1. The number of hydrogen-bond acceptors (Lipinski definition) is 6. The number of carbonyl (C=O) groups is 1. The van der Waals surface area contributed by atoms with E-state index in [-0.39, 0.29) is 35.7 Å². The average molecular weight is 460 g/mol. The SMILES string of the molecule is Cn1cc(S(N)(=O)=O)c(OCC[C@@H](O)C#CC2CC2)c1C(=O)Nc1ccc(F)c(C#N)c1. The van der Waals surface area contributed by atoms with E-state index in [1.54, 1.807) is 6.07 Å². The lowest BCUT2D eigenvalue weighted by Crippen LogP contribution is -2.19. The number of anilines is 1. The van der Waals surface area contributed by atoms with Crippen molar-refractivity contribution in [2.24, 2.45) is 18.1 Å². The van der Waals surface area contributed by atoms with Crippen LogP contribution in [-0.2, 0) is 17.1 Å². The zero-order valence-electron chi connectivity index (χ0n) is 17.1. The minimum atomic E-state index is -4.23. The van der Waals surface area contributed by atoms with Gasteiger partial charge in [-0.05, 0) is 31.0 Å². The number of aromatic nitrogens is 1. The number of nitriles is 1. The summed E-state index contributed by atoms with van der Waals surface area (Å²) in [7, 11) is -2.80. The van der Waals surface area contributed by atoms with Crippen LogP contribution in [-0.4, -0.2) is 36.7 Å². The molecule has 0 aliphatic heterocycles. The highest BCUT2D eigenvalue weighted by Crippen LogP contribution is 2.31. The molecule has 0 unspecified atom stereocenters. The van der Waals surface area contributed by atoms with Crippen LogP contribution in [0.1, 0.15) is 35.3 Å². The first-order valence-corrected chi connectivity index (χ1v) is 11.2. The summed E-state index contributed by atoms with van der Waals surface area (Å²) in [4.78, 5) is 12.5. The Morgan fingerprint density at radius 2 is 2.19 bits per heavy atom. The molecule has 1 atom stereocenters. The highest BCUT2D eigenvalue weighted by atomic mass is 32.2. The molecule has 0 spiro atoms. The summed E-state index contributed by atoms with van der Waals surface area (Å²) in [5.41, 5.74) is -0.295. The largest absolute Gasteiger partial charge is 0.490 e. The van der Waals surface area contributed by atoms with Gasteiger partial charge in [0.2, 0.25) is 10.0 Å². The first-order chi connectivity index (χ1) is 15.1. The number of aryl methyl sites for hydroxylation is 1. The molecule has 1 fully saturated rings. The number of carbonyl (C=O) groups excluding carboxylic acids is 1. The zero-order valence-corrected chi connectivity index (χ0v) is 17.9. The van der Waals surface area contributed by atoms with Gasteiger partial charge in [0.15, 0.2) is 11.4 Å². The second-order valence-electron chi connectivity index (χ2n) is 7.30. The summed E-state index contributed by atoms with van der Waals surface area (Å²) in [5.74, 6) is 4.17. The van der Waals surface area contributed by atoms with Gasteiger partial charge in [0, 0.05) is 31.3 Å². The van der Waals surface area contributed by atoms with Gasteiger partial charge in [-0.1, -0.05) is 11.8 Å². The number of ether oxygens (including phenoxy) is 1. The number of rotatable bonds is 7. The Hall–Kier alpha value is -3.38. The summed E-state index contributed by atoms with van der Waals surface area (Å²) in [6.07, 6.45) is 2.29. The lowest BCUT2D eigenvalue weighted by Gasteiger charge is -2.12. The second kappa shape index (κ2) is 9.40. The monoisotopic (exact) mass is 460 g/mol. The van der Waals surface area contributed by atoms with Gasteiger partial charge in [0.1, 0.15) is 22.9 Å². The Morgan fingerprint density at radius 3 is 2.81 bits per heavy atom. The molecule has 1 heterocycles. The Bertz CT molecular complexity index is 1250. The molecule has 4 N–H and O–H groups in total. The van der Waals surface area contributed by atoms with Crippen LogP contribution < -0.4 is 15.2 Å². The number of benzene rings is 1. The van der Waals surface area contributed by atoms with Crippen LogP contribution in [0.3, 0.4) is 0 Å². The molecule has 168 valence electrons. The van der Waals surface area contributed by atoms with Crippen molar-refractivity contribution in [1.29, 1.82) is 5.26 Å². The van der Waals surface area contributed by atoms with Crippen molar-refractivity contribution >= 4 is 21.6 Å². The van der Waals surface area contributed by atoms with Crippen LogP contribution in [0.5, 0.6) is 5.75 Å². The molecule has 1 aromatic heterocycles. The van der Waals surface area contributed by atoms with Crippen LogP contribution in [0.15, 0.2) is 29.3 Å². The Morgan fingerprint density at radius 1 is 1.47 bits per heavy atom. The maximum atomic E-state index is 13.5. The van der Waals surface area contributed by atoms with Crippen LogP contribution in [0.2, 0.25) is 0 Å². The quantitative estimate of drug-likeness (QED) is 0.533. The lowest BCUT2D eigenvalue weighted by atomic mass is 10.2. The molecule has 32 heavy (non-hydrogen) atoms. The smallest absolute Gasteiger partial charge is 0.276 e. The standard InChI is InChI=1S/C21H21FN4O5S/c1-26-12-18(32(24,29)30)20(31-9-8-16(27)6-4-13-2-3-13)19(26)21(28)25-15-5-7-17(22)14(10-15)11-23/h5,7,10,12-13,16,27H,2-3,8-9H2,1H3,(H,25,28)(H2,24,29,30)/t16-/m0/s1. The topological polar surface area (TPSA) is 147 Å². The van der Waals surface area contributed by atoms with E-state index in [9.17, 15) is 22.7 Å². The maximum Gasteiger partial charge on any atom is 0.276 e. The summed E-state index contributed by atoms with van der Waals surface area (Å²) in [6, 6.07) is 5.09. The first kappa shape index (κ1) is 23.3. The van der Waals surface area contributed by atoms with Gasteiger partial charge in [-0.2, -0.15) is 5.26 Å². The summed E-state index contributed by atoms with van der Waals surface area (Å²) in [6.45, 7) is -0.123. The van der Waals surface area contributed by atoms with Crippen molar-refractivity contribution < 1.29 is 27.4 Å². The van der Waals surface area contributed by atoms with Crippen LogP contribution in [0.25, 0.3) is 0 Å². The highest BCUT2D eigenvalue weighted by Gasteiger charge is 2.28. The predicted molar refractivity (Wildman–Crippen MR) is 112 cm³/mol. The molecule has 0 radical (unpaired) electrons. The van der Waals surface area contributed by atoms with Crippen molar-refractivity contribution in [2.75, 3.05) is 11.9 Å². The van der Waals surface area contributed by atoms with Crippen molar-refractivity contribution in [3.63, 3.8) is 0 Å². The maximum absolute atomic E-state index is 13.5. The van der Waals surface area contributed by atoms with Gasteiger partial charge in [-0.25, -0.2) is 17.9 Å². The third kappa shape index (κ3) is 5.65. The molecule has 1 saturated carbocycles. The molecular weight excluding hydrogens is 439 g/mol. The fourth-order valence-corrected chi connectivity index (χ4v) is 3.57. The Kier molecular flexibility index (Phi) is 6.84. The first-order valence-electron chi connectivity index (χ1n) is 9.65. The number of nitrogens with one attached hydrogen (secondary N) is 1. The van der Waals surface area contributed by atoms with Gasteiger partial charge in [0.05, 0.1) is 12.2 Å². The van der Waals surface area contributed by atoms with Gasteiger partial charge < -0.3 is 19.7 Å². The van der Waals surface area contributed by atoms with E-state index in [0.29, 0.717) is 5.92 Å². The van der Waals surface area contributed by atoms with E-state index in [1.807, 2.05) is 0 Å². The molecule has 1 aliphatic carbocycles. The number of nitrogens with two attached hydrogens (primary N) is 1. The van der Waals surface area contributed by atoms with Gasteiger partial charge in [-0.3, -0.25) is 4.79 Å². The summed E-state index contributed by atoms with van der Waals surface area (Å²) < 4.78 is 44.3. The van der Waals surface area contributed by atoms with E-state index in [2.05, 4.69) is 17.2 Å². The third-order valence-corrected chi connectivity index (χ3v) is 5.54. The summed E-state index contributed by atoms with van der Waals surface area (Å²) >= 11 is 0. The van der Waals surface area contributed by atoms with Crippen LogP contribution >= 0.6 is 0 Å². The molecule has 1 aromatic carbocycles. The van der Waals surface area contributed by atoms with Crippen molar-refractivity contribution in [1.82, 2.24) is 4.57 Å². The van der Waals surface area contributed by atoms with E-state index in [0.717, 1.165) is 31.2 Å². The fourth-order valence-electron chi connectivity index (χ4n) is 2.85. The molecular formula is C21H21FN4O5S. The van der Waals surface area contributed by atoms with Gasteiger partial charge in [-0.15, -0.1) is 0 Å². The number of sulfonamides is 1. The van der Waals surface area contributed by atoms with E-state index >= 15 is 0 Å². The molecule has 9 nitrogen and oxygen atoms in total. The molecule has 0 saturated heterocycles. The summed E-state index contributed by atoms with van der Waals surface area (Å²) in [5, 5.41) is 26.6. The van der Waals surface area contributed by atoms with E-state index in [1.165, 1.54) is 17.7 Å². The number of nitrogens with zero attached hydrogens (tertiary/aromatic N) is 2. The fraction of sp³-hybridized carbons (Fsp3) is 0.333. The number of amides is 1. The van der Waals surface area contributed by atoms with Gasteiger partial charge >= 0.3 is 0 Å². The molecule has 0 bridgehead atoms. The highest BCUT2D eigenvalue weighted by molar-refractivity contribution is 7.89. The number of aliphatic hydroxyl groups excluding tert-OH is 1. The molecule has 3 rings (SSSR count). The van der Waals surface area contributed by atoms with Crippen molar-refractivity contribution in [3.05, 3.63) is 41.5 Å². The van der Waals surface area contributed by atoms with Crippen molar-refractivity contribution in [2.45, 2.75) is 30.3 Å². The van der Waals surface area contributed by atoms with Gasteiger partial charge in [0.25, 0.3) is 5.91 Å². The van der Waals surface area contributed by atoms with E-state index in [4.69, 9.17) is 15.1 Å². The molecule has 11 heteroatoms. The number of halogens is 1. The molecule has 2 aromatic rings. The molecule has 1 amide bonds. The second-order valence-corrected chi connectivity index (χ2v) is 8.83. The number of primary sulfonamides is 1. The minimum Gasteiger partial charge on any atom is -0.490 e. The molecule has 1 aliphatic rings. The third-order valence-electron chi connectivity index (χ3n) is 4.64. The minimum absolute atomic E-state index is 0.0865. The lowest BCUT2D eigenvalue weighted by molar-refractivity contribution is 0.101. The van der Waals surface area contributed by atoms with Crippen LogP contribution in [0.4, 0.5) is 10.1 Å².